The van der Waals surface area contributed by atoms with Gasteiger partial charge >= 0.3 is 11.9 Å². The molecule has 41 heavy (non-hydrogen) atoms. The lowest BCUT2D eigenvalue weighted by Crippen LogP contribution is -2.65. The zero-order valence-electron chi connectivity index (χ0n) is 26.5. The average Bonchev–Trinajstić information content (AvgIpc) is 3.15. The molecule has 2 heterocycles. The van der Waals surface area contributed by atoms with Crippen LogP contribution in [0, 0.1) is 45.3 Å². The molecule has 0 aromatic heterocycles. The molecule has 11 atom stereocenters. The Balaban J connectivity index is 1.36. The van der Waals surface area contributed by atoms with Crippen LogP contribution in [0.5, 0.6) is 0 Å². The molecule has 3 saturated carbocycles. The second kappa shape index (κ2) is 9.14. The van der Waals surface area contributed by atoms with Crippen LogP contribution in [0.25, 0.3) is 0 Å². The van der Waals surface area contributed by atoms with Crippen molar-refractivity contribution in [2.45, 2.75) is 137 Å². The lowest BCUT2D eigenvalue weighted by molar-refractivity contribution is -0.206. The summed E-state index contributed by atoms with van der Waals surface area (Å²) in [6, 6.07) is 0. The molecular formula is C34H50O7. The fraction of sp³-hybridized carbons (Fsp3) is 0.853. The Morgan fingerprint density at radius 1 is 0.927 bits per heavy atom. The molecule has 0 aromatic carbocycles. The Labute approximate surface area is 245 Å². The smallest absolute Gasteiger partial charge is 0.304 e. The highest BCUT2D eigenvalue weighted by molar-refractivity contribution is 5.85. The van der Waals surface area contributed by atoms with E-state index in [1.165, 1.54) is 19.4 Å². The summed E-state index contributed by atoms with van der Waals surface area (Å²) in [4.78, 5) is 37.9. The highest BCUT2D eigenvalue weighted by Crippen LogP contribution is 2.73. The van der Waals surface area contributed by atoms with Crippen LogP contribution in [0.1, 0.15) is 107 Å². The van der Waals surface area contributed by atoms with Gasteiger partial charge < -0.3 is 18.9 Å². The monoisotopic (exact) mass is 570 g/mol. The first-order valence-electron chi connectivity index (χ1n) is 15.9. The normalized spacial score (nSPS) is 49.3. The van der Waals surface area contributed by atoms with E-state index in [4.69, 9.17) is 18.9 Å². The number of hydrogen-bond donors (Lipinski definition) is 0. The van der Waals surface area contributed by atoms with Crippen LogP contribution in [0.4, 0.5) is 0 Å². The van der Waals surface area contributed by atoms with E-state index in [1.807, 2.05) is 0 Å². The van der Waals surface area contributed by atoms with Crippen LogP contribution in [-0.4, -0.2) is 47.9 Å². The van der Waals surface area contributed by atoms with E-state index >= 15 is 0 Å². The quantitative estimate of drug-likeness (QED) is 0.227. The SMILES string of the molecule is CC(=O)OC1OC(C2OC2(C)C)CC1C1CC=C2C1(C)CCC1C3(C)CCC(=O)C(C)(C)C3CC(OC(C)=O)C21C. The van der Waals surface area contributed by atoms with Gasteiger partial charge in [-0.1, -0.05) is 46.3 Å². The summed E-state index contributed by atoms with van der Waals surface area (Å²) < 4.78 is 24.4. The third kappa shape index (κ3) is 4.14. The zero-order chi connectivity index (χ0) is 29.9. The maximum Gasteiger partial charge on any atom is 0.304 e. The van der Waals surface area contributed by atoms with Gasteiger partial charge in [-0.25, -0.2) is 0 Å². The first-order chi connectivity index (χ1) is 19.0. The second-order valence-electron chi connectivity index (χ2n) is 16.0. The fourth-order valence-electron chi connectivity index (χ4n) is 11.1. The van der Waals surface area contributed by atoms with Gasteiger partial charge in [0.25, 0.3) is 0 Å². The maximum atomic E-state index is 13.2. The number of hydrogen-bond acceptors (Lipinski definition) is 7. The van der Waals surface area contributed by atoms with Gasteiger partial charge in [0, 0.05) is 37.0 Å². The molecule has 0 spiro atoms. The molecule has 2 aliphatic heterocycles. The number of ether oxygens (including phenoxy) is 4. The molecule has 228 valence electrons. The number of allylic oxidation sites excluding steroid dienone is 1. The van der Waals surface area contributed by atoms with Crippen molar-refractivity contribution in [3.63, 3.8) is 0 Å². The molecule has 7 heteroatoms. The van der Waals surface area contributed by atoms with Crippen LogP contribution in [0.2, 0.25) is 0 Å². The van der Waals surface area contributed by atoms with Crippen molar-refractivity contribution in [3.8, 4) is 0 Å². The summed E-state index contributed by atoms with van der Waals surface area (Å²) >= 11 is 0. The summed E-state index contributed by atoms with van der Waals surface area (Å²) in [5.41, 5.74) is 0.280. The number of ketones is 1. The number of Topliss-reactive ketones (excluding diaryl/α,β-unsaturated/α-hetero) is 1. The van der Waals surface area contributed by atoms with Crippen molar-refractivity contribution in [2.24, 2.45) is 45.3 Å². The van der Waals surface area contributed by atoms with Crippen molar-refractivity contribution >= 4 is 17.7 Å². The highest BCUT2D eigenvalue weighted by Gasteiger charge is 2.70. The van der Waals surface area contributed by atoms with E-state index < -0.39 is 11.7 Å². The van der Waals surface area contributed by atoms with Gasteiger partial charge in [-0.15, -0.1) is 0 Å². The van der Waals surface area contributed by atoms with Crippen LogP contribution in [-0.2, 0) is 33.3 Å². The summed E-state index contributed by atoms with van der Waals surface area (Å²) in [6.45, 7) is 18.5. The molecule has 7 nitrogen and oxygen atoms in total. The molecule has 0 radical (unpaired) electrons. The fourth-order valence-corrected chi connectivity index (χ4v) is 11.1. The van der Waals surface area contributed by atoms with Crippen molar-refractivity contribution in [2.75, 3.05) is 0 Å². The first kappa shape index (κ1) is 29.3. The molecule has 2 saturated heterocycles. The van der Waals surface area contributed by atoms with Gasteiger partial charge in [-0.2, -0.15) is 0 Å². The Morgan fingerprint density at radius 3 is 2.20 bits per heavy atom. The van der Waals surface area contributed by atoms with Crippen molar-refractivity contribution in [1.82, 2.24) is 0 Å². The summed E-state index contributed by atoms with van der Waals surface area (Å²) in [6.07, 6.45) is 7.44. The molecule has 5 fully saturated rings. The molecule has 11 unspecified atom stereocenters. The number of fused-ring (bicyclic) bond motifs is 5. The minimum Gasteiger partial charge on any atom is -0.462 e. The number of esters is 2. The Hall–Kier alpha value is -1.73. The summed E-state index contributed by atoms with van der Waals surface area (Å²) in [5.74, 6) is 0.545. The van der Waals surface area contributed by atoms with Crippen LogP contribution in [0.3, 0.4) is 0 Å². The van der Waals surface area contributed by atoms with E-state index in [0.717, 1.165) is 32.1 Å². The third-order valence-corrected chi connectivity index (χ3v) is 13.1. The summed E-state index contributed by atoms with van der Waals surface area (Å²) in [7, 11) is 0. The topological polar surface area (TPSA) is 91.4 Å². The van der Waals surface area contributed by atoms with Gasteiger partial charge in [0.2, 0.25) is 6.29 Å². The summed E-state index contributed by atoms with van der Waals surface area (Å²) in [5, 5.41) is 0. The Morgan fingerprint density at radius 2 is 1.59 bits per heavy atom. The van der Waals surface area contributed by atoms with Gasteiger partial charge in [-0.05, 0) is 81.0 Å². The minimum absolute atomic E-state index is 0.0141. The van der Waals surface area contributed by atoms with Gasteiger partial charge in [0.1, 0.15) is 18.0 Å². The van der Waals surface area contributed by atoms with E-state index in [2.05, 4.69) is 54.5 Å². The standard InChI is InChI=1S/C34H50O7/c1-18(35)38-27-17-25-30(3,4)26(37)13-15-33(25,8)24-12-14-32(7)21(10-11-23(32)34(24,27)9)20-16-22(28-31(5,6)41-28)40-29(20)39-19(2)36/h11,20-22,24-25,27-29H,10,12-17H2,1-9H3. The minimum atomic E-state index is -0.583. The molecule has 0 aromatic rings. The molecule has 0 amide bonds. The van der Waals surface area contributed by atoms with E-state index in [9.17, 15) is 14.4 Å². The first-order valence-corrected chi connectivity index (χ1v) is 15.9. The predicted octanol–water partition coefficient (Wildman–Crippen LogP) is 6.17. The number of rotatable bonds is 4. The van der Waals surface area contributed by atoms with Crippen molar-refractivity contribution in [3.05, 3.63) is 11.6 Å². The Kier molecular flexibility index (Phi) is 6.54. The zero-order valence-corrected chi connectivity index (χ0v) is 26.5. The van der Waals surface area contributed by atoms with Crippen molar-refractivity contribution < 1.29 is 33.3 Å². The van der Waals surface area contributed by atoms with Crippen molar-refractivity contribution in [1.29, 1.82) is 0 Å². The maximum absolute atomic E-state index is 13.2. The highest BCUT2D eigenvalue weighted by atomic mass is 16.7. The van der Waals surface area contributed by atoms with Crippen LogP contribution >= 0.6 is 0 Å². The molecule has 4 aliphatic carbocycles. The molecule has 6 rings (SSSR count). The van der Waals surface area contributed by atoms with Gasteiger partial charge in [0.15, 0.2) is 0 Å². The molecular weight excluding hydrogens is 520 g/mol. The van der Waals surface area contributed by atoms with E-state index in [1.54, 1.807) is 0 Å². The molecule has 0 bridgehead atoms. The van der Waals surface area contributed by atoms with Crippen LogP contribution < -0.4 is 0 Å². The van der Waals surface area contributed by atoms with Gasteiger partial charge in [-0.3, -0.25) is 14.4 Å². The second-order valence-corrected chi connectivity index (χ2v) is 16.0. The van der Waals surface area contributed by atoms with Gasteiger partial charge in [0.05, 0.1) is 11.7 Å². The number of carbonyl (C=O) groups excluding carboxylic acids is 3. The third-order valence-electron chi connectivity index (χ3n) is 13.1. The number of epoxide rings is 1. The molecule has 6 aliphatic rings. The lowest BCUT2D eigenvalue weighted by Gasteiger charge is -2.67. The van der Waals surface area contributed by atoms with E-state index in [-0.39, 0.29) is 69.9 Å². The van der Waals surface area contributed by atoms with Crippen LogP contribution in [0.15, 0.2) is 11.6 Å². The largest absolute Gasteiger partial charge is 0.462 e. The predicted molar refractivity (Wildman–Crippen MR) is 152 cm³/mol. The Bertz CT molecular complexity index is 1190. The lowest BCUT2D eigenvalue weighted by atomic mass is 9.37. The average molecular weight is 571 g/mol. The number of carbonyl (C=O) groups is 3. The van der Waals surface area contributed by atoms with E-state index in [0.29, 0.717) is 24.5 Å². The molecule has 0 N–H and O–H groups in total.